The number of halogens is 1. The Kier molecular flexibility index (Phi) is 4.48. The molecule has 112 valence electrons. The van der Waals surface area contributed by atoms with Crippen molar-refractivity contribution in [2.75, 3.05) is 14.2 Å². The monoisotopic (exact) mass is 290 g/mol. The molecule has 0 aliphatic rings. The third-order valence-corrected chi connectivity index (χ3v) is 3.70. The molecule has 4 heteroatoms. The Balaban J connectivity index is 2.47. The van der Waals surface area contributed by atoms with Crippen LogP contribution in [0, 0.1) is 19.7 Å². The van der Waals surface area contributed by atoms with Gasteiger partial charge in [0.1, 0.15) is 11.9 Å². The predicted octanol–water partition coefficient (Wildman–Crippen LogP) is 3.54. The summed E-state index contributed by atoms with van der Waals surface area (Å²) in [6, 6.07) is 8.13. The number of aliphatic hydroxyl groups excluding tert-OH is 1. The van der Waals surface area contributed by atoms with E-state index in [1.54, 1.807) is 19.2 Å². The zero-order valence-electron chi connectivity index (χ0n) is 12.6. The van der Waals surface area contributed by atoms with E-state index in [4.69, 9.17) is 9.47 Å². The third kappa shape index (κ3) is 2.85. The molecule has 1 atom stereocenters. The normalized spacial score (nSPS) is 12.1. The SMILES string of the molecule is COc1ccc(C(O)c2ccc(C)c(C)c2OC)cc1F. The van der Waals surface area contributed by atoms with Crippen LogP contribution in [-0.4, -0.2) is 19.3 Å². The van der Waals surface area contributed by atoms with Crippen molar-refractivity contribution in [1.29, 1.82) is 0 Å². The lowest BCUT2D eigenvalue weighted by Gasteiger charge is -2.18. The molecule has 0 radical (unpaired) electrons. The summed E-state index contributed by atoms with van der Waals surface area (Å²) in [4.78, 5) is 0. The lowest BCUT2D eigenvalue weighted by molar-refractivity contribution is 0.213. The van der Waals surface area contributed by atoms with Crippen molar-refractivity contribution in [3.8, 4) is 11.5 Å². The van der Waals surface area contributed by atoms with Crippen LogP contribution in [0.1, 0.15) is 28.4 Å². The van der Waals surface area contributed by atoms with Crippen LogP contribution in [0.5, 0.6) is 11.5 Å². The number of hydrogen-bond acceptors (Lipinski definition) is 3. The van der Waals surface area contributed by atoms with Crippen LogP contribution in [0.25, 0.3) is 0 Å². The van der Waals surface area contributed by atoms with Crippen molar-refractivity contribution in [2.45, 2.75) is 20.0 Å². The third-order valence-electron chi connectivity index (χ3n) is 3.70. The lowest BCUT2D eigenvalue weighted by Crippen LogP contribution is -2.05. The molecule has 0 aliphatic heterocycles. The standard InChI is InChI=1S/C17H19FO3/c1-10-5-7-13(17(21-4)11(10)2)16(19)12-6-8-15(20-3)14(18)9-12/h5-9,16,19H,1-4H3. The van der Waals surface area contributed by atoms with Gasteiger partial charge in [0.15, 0.2) is 11.6 Å². The van der Waals surface area contributed by atoms with Gasteiger partial charge in [0.2, 0.25) is 0 Å². The zero-order valence-corrected chi connectivity index (χ0v) is 12.6. The van der Waals surface area contributed by atoms with E-state index in [2.05, 4.69) is 0 Å². The summed E-state index contributed by atoms with van der Waals surface area (Å²) in [5.74, 6) is 0.272. The molecule has 0 aromatic heterocycles. The molecule has 0 bridgehead atoms. The average molecular weight is 290 g/mol. The second-order valence-corrected chi connectivity index (χ2v) is 4.93. The number of methoxy groups -OCH3 is 2. The fourth-order valence-electron chi connectivity index (χ4n) is 2.33. The van der Waals surface area contributed by atoms with Gasteiger partial charge < -0.3 is 14.6 Å². The van der Waals surface area contributed by atoms with Gasteiger partial charge in [-0.1, -0.05) is 18.2 Å². The maximum atomic E-state index is 13.8. The van der Waals surface area contributed by atoms with Crippen LogP contribution < -0.4 is 9.47 Å². The van der Waals surface area contributed by atoms with Gasteiger partial charge in [0.25, 0.3) is 0 Å². The maximum Gasteiger partial charge on any atom is 0.165 e. The molecule has 0 amide bonds. The van der Waals surface area contributed by atoms with E-state index in [0.29, 0.717) is 16.9 Å². The van der Waals surface area contributed by atoms with E-state index in [-0.39, 0.29) is 5.75 Å². The number of aliphatic hydroxyl groups is 1. The molecule has 0 fully saturated rings. The highest BCUT2D eigenvalue weighted by Crippen LogP contribution is 2.35. The number of aryl methyl sites for hydroxylation is 1. The lowest BCUT2D eigenvalue weighted by atomic mass is 9.96. The van der Waals surface area contributed by atoms with Gasteiger partial charge in [-0.15, -0.1) is 0 Å². The molecule has 2 rings (SSSR count). The molecule has 0 saturated heterocycles. The van der Waals surface area contributed by atoms with E-state index >= 15 is 0 Å². The Morgan fingerprint density at radius 1 is 1.05 bits per heavy atom. The van der Waals surface area contributed by atoms with Crippen LogP contribution in [-0.2, 0) is 0 Å². The predicted molar refractivity (Wildman–Crippen MR) is 79.5 cm³/mol. The van der Waals surface area contributed by atoms with E-state index in [1.807, 2.05) is 19.9 Å². The smallest absolute Gasteiger partial charge is 0.165 e. The largest absolute Gasteiger partial charge is 0.496 e. The van der Waals surface area contributed by atoms with Crippen molar-refractivity contribution in [3.05, 3.63) is 58.4 Å². The van der Waals surface area contributed by atoms with Gasteiger partial charge in [-0.25, -0.2) is 4.39 Å². The Hall–Kier alpha value is -2.07. The summed E-state index contributed by atoms with van der Waals surface area (Å²) >= 11 is 0. The molecular weight excluding hydrogens is 271 g/mol. The molecule has 0 saturated carbocycles. The quantitative estimate of drug-likeness (QED) is 0.936. The molecule has 0 spiro atoms. The van der Waals surface area contributed by atoms with Crippen molar-refractivity contribution >= 4 is 0 Å². The number of hydrogen-bond donors (Lipinski definition) is 1. The fourth-order valence-corrected chi connectivity index (χ4v) is 2.33. The van der Waals surface area contributed by atoms with Crippen molar-refractivity contribution in [1.82, 2.24) is 0 Å². The Morgan fingerprint density at radius 2 is 1.76 bits per heavy atom. The zero-order chi connectivity index (χ0) is 15.6. The van der Waals surface area contributed by atoms with Gasteiger partial charge in [0.05, 0.1) is 14.2 Å². The van der Waals surface area contributed by atoms with Gasteiger partial charge in [0, 0.05) is 5.56 Å². The van der Waals surface area contributed by atoms with Crippen LogP contribution in [0.3, 0.4) is 0 Å². The highest BCUT2D eigenvalue weighted by atomic mass is 19.1. The summed E-state index contributed by atoms with van der Waals surface area (Å²) in [6.45, 7) is 3.90. The van der Waals surface area contributed by atoms with Crippen molar-refractivity contribution < 1.29 is 19.0 Å². The van der Waals surface area contributed by atoms with Gasteiger partial charge in [-0.3, -0.25) is 0 Å². The summed E-state index contributed by atoms with van der Waals surface area (Å²) in [5.41, 5.74) is 3.10. The summed E-state index contributed by atoms with van der Waals surface area (Å²) in [7, 11) is 2.97. The van der Waals surface area contributed by atoms with Crippen LogP contribution in [0.2, 0.25) is 0 Å². The second-order valence-electron chi connectivity index (χ2n) is 4.93. The van der Waals surface area contributed by atoms with Crippen LogP contribution >= 0.6 is 0 Å². The van der Waals surface area contributed by atoms with Crippen LogP contribution in [0.4, 0.5) is 4.39 Å². The molecule has 2 aromatic rings. The Labute approximate surface area is 124 Å². The Bertz CT molecular complexity index is 653. The molecule has 21 heavy (non-hydrogen) atoms. The fraction of sp³-hybridized carbons (Fsp3) is 0.294. The molecule has 1 unspecified atom stereocenters. The van der Waals surface area contributed by atoms with Crippen molar-refractivity contribution in [3.63, 3.8) is 0 Å². The minimum atomic E-state index is -0.959. The summed E-state index contributed by atoms with van der Waals surface area (Å²) in [5, 5.41) is 10.5. The first-order valence-electron chi connectivity index (χ1n) is 6.65. The minimum absolute atomic E-state index is 0.151. The maximum absolute atomic E-state index is 13.8. The molecule has 0 heterocycles. The van der Waals surface area contributed by atoms with Crippen LogP contribution in [0.15, 0.2) is 30.3 Å². The second kappa shape index (κ2) is 6.14. The Morgan fingerprint density at radius 3 is 2.33 bits per heavy atom. The van der Waals surface area contributed by atoms with Crippen molar-refractivity contribution in [2.24, 2.45) is 0 Å². The van der Waals surface area contributed by atoms with E-state index in [9.17, 15) is 9.50 Å². The van der Waals surface area contributed by atoms with Gasteiger partial charge in [-0.2, -0.15) is 0 Å². The molecule has 2 aromatic carbocycles. The van der Waals surface area contributed by atoms with E-state index in [1.165, 1.54) is 19.2 Å². The molecule has 3 nitrogen and oxygen atoms in total. The molecular formula is C17H19FO3. The van der Waals surface area contributed by atoms with Gasteiger partial charge >= 0.3 is 0 Å². The first-order chi connectivity index (χ1) is 9.99. The first kappa shape index (κ1) is 15.3. The van der Waals surface area contributed by atoms with E-state index < -0.39 is 11.9 Å². The highest BCUT2D eigenvalue weighted by Gasteiger charge is 2.19. The summed E-state index contributed by atoms with van der Waals surface area (Å²) in [6.07, 6.45) is -0.959. The molecule has 1 N–H and O–H groups in total. The summed E-state index contributed by atoms with van der Waals surface area (Å²) < 4.78 is 24.1. The van der Waals surface area contributed by atoms with Gasteiger partial charge in [-0.05, 0) is 42.7 Å². The average Bonchev–Trinajstić information content (AvgIpc) is 2.49. The number of ether oxygens (including phenoxy) is 2. The topological polar surface area (TPSA) is 38.7 Å². The minimum Gasteiger partial charge on any atom is -0.496 e. The van der Waals surface area contributed by atoms with E-state index in [0.717, 1.165) is 11.1 Å². The highest BCUT2D eigenvalue weighted by molar-refractivity contribution is 5.49. The first-order valence-corrected chi connectivity index (χ1v) is 6.65. The number of benzene rings is 2. The molecule has 0 aliphatic carbocycles. The number of rotatable bonds is 4.